The van der Waals surface area contributed by atoms with Crippen molar-refractivity contribution in [3.05, 3.63) is 11.6 Å². The second kappa shape index (κ2) is 4.36. The summed E-state index contributed by atoms with van der Waals surface area (Å²) in [5.74, 6) is -1.05. The molecule has 1 heterocycles. The van der Waals surface area contributed by atoms with Crippen molar-refractivity contribution in [3.63, 3.8) is 0 Å². The van der Waals surface area contributed by atoms with Gasteiger partial charge in [0.05, 0.1) is 11.5 Å². The van der Waals surface area contributed by atoms with E-state index >= 15 is 0 Å². The van der Waals surface area contributed by atoms with Gasteiger partial charge in [-0.05, 0) is 13.8 Å². The molecule has 0 saturated carbocycles. The largest absolute Gasteiger partial charge is 0.399 e. The Morgan fingerprint density at radius 1 is 1.50 bits per heavy atom. The van der Waals surface area contributed by atoms with E-state index in [1.54, 1.807) is 13.8 Å². The third-order valence-corrected chi connectivity index (χ3v) is 2.34. The zero-order valence-electron chi connectivity index (χ0n) is 8.75. The topological polar surface area (TPSA) is 56.7 Å². The fourth-order valence-electron chi connectivity index (χ4n) is 1.26. The minimum atomic E-state index is -4.46. The number of aryl methyl sites for hydroxylation is 2. The summed E-state index contributed by atoms with van der Waals surface area (Å²) >= 11 is 4.41. The standard InChI is InChI=1S/C8H11F3N4S/c1-4-13-5(2)15(14-4)3-6(7(12)16)8(9,10)11/h6H,3H2,1-2H3,(H2,12,16). The van der Waals surface area contributed by atoms with Crippen LogP contribution in [0.2, 0.25) is 0 Å². The van der Waals surface area contributed by atoms with Gasteiger partial charge in [0.25, 0.3) is 0 Å². The van der Waals surface area contributed by atoms with Crippen LogP contribution in [-0.2, 0) is 6.54 Å². The minimum Gasteiger partial charge on any atom is -0.393 e. The average Bonchev–Trinajstić information content (AvgIpc) is 2.38. The molecule has 1 unspecified atom stereocenters. The van der Waals surface area contributed by atoms with Crippen LogP contribution >= 0.6 is 12.2 Å². The molecule has 0 fully saturated rings. The Balaban J connectivity index is 2.93. The van der Waals surface area contributed by atoms with Gasteiger partial charge < -0.3 is 5.73 Å². The predicted molar refractivity (Wildman–Crippen MR) is 55.8 cm³/mol. The highest BCUT2D eigenvalue weighted by Crippen LogP contribution is 2.28. The van der Waals surface area contributed by atoms with E-state index in [0.717, 1.165) is 4.68 Å². The molecule has 0 spiro atoms. The van der Waals surface area contributed by atoms with E-state index in [-0.39, 0.29) is 0 Å². The van der Waals surface area contributed by atoms with E-state index in [1.807, 2.05) is 0 Å². The summed E-state index contributed by atoms with van der Waals surface area (Å²) in [6.45, 7) is 2.76. The molecule has 0 bridgehead atoms. The van der Waals surface area contributed by atoms with Gasteiger partial charge in [0, 0.05) is 0 Å². The summed E-state index contributed by atoms with van der Waals surface area (Å²) < 4.78 is 38.9. The predicted octanol–water partition coefficient (Wildman–Crippen LogP) is 1.36. The number of alkyl halides is 3. The van der Waals surface area contributed by atoms with Crippen LogP contribution in [0.25, 0.3) is 0 Å². The van der Waals surface area contributed by atoms with E-state index < -0.39 is 23.6 Å². The number of hydrogen-bond donors (Lipinski definition) is 1. The van der Waals surface area contributed by atoms with Crippen LogP contribution in [0, 0.1) is 19.8 Å². The van der Waals surface area contributed by atoms with Crippen LogP contribution in [0.5, 0.6) is 0 Å². The number of thiocarbonyl (C=S) groups is 1. The maximum atomic E-state index is 12.6. The van der Waals surface area contributed by atoms with Gasteiger partial charge in [-0.1, -0.05) is 12.2 Å². The van der Waals surface area contributed by atoms with Crippen LogP contribution in [0.15, 0.2) is 0 Å². The Kier molecular flexibility index (Phi) is 3.51. The third-order valence-electron chi connectivity index (χ3n) is 2.06. The summed E-state index contributed by atoms with van der Waals surface area (Å²) in [5.41, 5.74) is 5.08. The first kappa shape index (κ1) is 12.9. The Hall–Kier alpha value is -1.18. The summed E-state index contributed by atoms with van der Waals surface area (Å²) in [5, 5.41) is 3.84. The molecule has 0 aliphatic heterocycles. The van der Waals surface area contributed by atoms with Crippen molar-refractivity contribution in [3.8, 4) is 0 Å². The van der Waals surface area contributed by atoms with Crippen molar-refractivity contribution in [1.29, 1.82) is 0 Å². The van der Waals surface area contributed by atoms with E-state index in [4.69, 9.17) is 5.73 Å². The molecule has 0 aromatic carbocycles. The number of hydrogen-bond acceptors (Lipinski definition) is 3. The molecule has 16 heavy (non-hydrogen) atoms. The van der Waals surface area contributed by atoms with Gasteiger partial charge in [-0.3, -0.25) is 0 Å². The molecule has 1 rings (SSSR count). The highest BCUT2D eigenvalue weighted by molar-refractivity contribution is 7.80. The first-order valence-corrected chi connectivity index (χ1v) is 4.86. The molecular formula is C8H11F3N4S. The zero-order valence-corrected chi connectivity index (χ0v) is 9.56. The summed E-state index contributed by atoms with van der Waals surface area (Å²) in [6.07, 6.45) is -4.46. The van der Waals surface area contributed by atoms with Crippen molar-refractivity contribution >= 4 is 17.2 Å². The summed E-state index contributed by atoms with van der Waals surface area (Å²) in [4.78, 5) is 3.32. The molecule has 90 valence electrons. The summed E-state index contributed by atoms with van der Waals surface area (Å²) in [6, 6.07) is 0. The minimum absolute atomic E-state index is 0.406. The monoisotopic (exact) mass is 252 g/mol. The molecule has 1 aromatic heterocycles. The fraction of sp³-hybridized carbons (Fsp3) is 0.625. The number of nitrogens with zero attached hydrogens (tertiary/aromatic N) is 3. The molecule has 0 aliphatic carbocycles. The first-order valence-electron chi connectivity index (χ1n) is 4.46. The van der Waals surface area contributed by atoms with Gasteiger partial charge in [-0.2, -0.15) is 18.3 Å². The van der Waals surface area contributed by atoms with Gasteiger partial charge in [0.2, 0.25) is 0 Å². The van der Waals surface area contributed by atoms with Crippen LogP contribution in [0.1, 0.15) is 11.6 Å². The van der Waals surface area contributed by atoms with Crippen LogP contribution in [-0.4, -0.2) is 25.9 Å². The van der Waals surface area contributed by atoms with Crippen LogP contribution in [0.3, 0.4) is 0 Å². The zero-order chi connectivity index (χ0) is 12.5. The van der Waals surface area contributed by atoms with Crippen LogP contribution < -0.4 is 5.73 Å². The summed E-state index contributed by atoms with van der Waals surface area (Å²) in [7, 11) is 0. The fourth-order valence-corrected chi connectivity index (χ4v) is 1.47. The van der Waals surface area contributed by atoms with E-state index in [1.165, 1.54) is 0 Å². The van der Waals surface area contributed by atoms with Gasteiger partial charge in [-0.15, -0.1) is 0 Å². The normalized spacial score (nSPS) is 13.8. The van der Waals surface area contributed by atoms with Crippen molar-refractivity contribution in [2.75, 3.05) is 0 Å². The van der Waals surface area contributed by atoms with E-state index in [0.29, 0.717) is 11.6 Å². The molecule has 0 radical (unpaired) electrons. The van der Waals surface area contributed by atoms with Crippen LogP contribution in [0.4, 0.5) is 13.2 Å². The molecule has 0 saturated heterocycles. The maximum absolute atomic E-state index is 12.6. The average molecular weight is 252 g/mol. The van der Waals surface area contributed by atoms with Gasteiger partial charge in [0.15, 0.2) is 0 Å². The number of rotatable bonds is 3. The first-order chi connectivity index (χ1) is 7.21. The van der Waals surface area contributed by atoms with Crippen molar-refractivity contribution in [2.45, 2.75) is 26.6 Å². The Morgan fingerprint density at radius 3 is 2.38 bits per heavy atom. The lowest BCUT2D eigenvalue weighted by Gasteiger charge is -2.19. The molecule has 1 aromatic rings. The van der Waals surface area contributed by atoms with Crippen molar-refractivity contribution in [2.24, 2.45) is 11.7 Å². The molecule has 1 atom stereocenters. The van der Waals surface area contributed by atoms with Gasteiger partial charge >= 0.3 is 6.18 Å². The number of aromatic nitrogens is 3. The highest BCUT2D eigenvalue weighted by Gasteiger charge is 2.42. The molecule has 0 aliphatic rings. The SMILES string of the molecule is Cc1nc(C)n(CC(C(N)=S)C(F)(F)F)n1. The van der Waals surface area contributed by atoms with E-state index in [9.17, 15) is 13.2 Å². The Bertz CT molecular complexity index is 398. The number of nitrogens with two attached hydrogens (primary N) is 1. The molecule has 8 heteroatoms. The molecule has 0 amide bonds. The molecule has 2 N–H and O–H groups in total. The third kappa shape index (κ3) is 2.91. The molecular weight excluding hydrogens is 241 g/mol. The lowest BCUT2D eigenvalue weighted by atomic mass is 10.1. The smallest absolute Gasteiger partial charge is 0.393 e. The van der Waals surface area contributed by atoms with Crippen molar-refractivity contribution < 1.29 is 13.2 Å². The number of halogens is 3. The second-order valence-electron chi connectivity index (χ2n) is 3.38. The molecule has 4 nitrogen and oxygen atoms in total. The maximum Gasteiger partial charge on any atom is 0.399 e. The van der Waals surface area contributed by atoms with E-state index in [2.05, 4.69) is 22.3 Å². The second-order valence-corrected chi connectivity index (χ2v) is 3.86. The van der Waals surface area contributed by atoms with Gasteiger partial charge in [-0.25, -0.2) is 9.67 Å². The Morgan fingerprint density at radius 2 is 2.06 bits per heavy atom. The highest BCUT2D eigenvalue weighted by atomic mass is 32.1. The Labute approximate surface area is 95.6 Å². The lowest BCUT2D eigenvalue weighted by molar-refractivity contribution is -0.158. The van der Waals surface area contributed by atoms with Crippen molar-refractivity contribution in [1.82, 2.24) is 14.8 Å². The van der Waals surface area contributed by atoms with Gasteiger partial charge in [0.1, 0.15) is 17.6 Å². The lowest BCUT2D eigenvalue weighted by Crippen LogP contribution is -2.38. The quantitative estimate of drug-likeness (QED) is 0.825.